The van der Waals surface area contributed by atoms with Crippen molar-refractivity contribution in [1.82, 2.24) is 15.5 Å². The number of rotatable bonds is 7. The molecule has 1 aliphatic rings. The quantitative estimate of drug-likeness (QED) is 0.283. The Morgan fingerprint density at radius 3 is 2.42 bits per heavy atom. The third-order valence-corrected chi connectivity index (χ3v) is 5.81. The minimum absolute atomic E-state index is 0. The topological polar surface area (TPSA) is 59.9 Å². The van der Waals surface area contributed by atoms with Gasteiger partial charge in [-0.3, -0.25) is 9.89 Å². The van der Waals surface area contributed by atoms with E-state index in [1.165, 1.54) is 16.7 Å². The van der Waals surface area contributed by atoms with E-state index in [0.29, 0.717) is 12.6 Å². The summed E-state index contributed by atoms with van der Waals surface area (Å²) < 4.78 is 0. The molecule has 6 heteroatoms. The van der Waals surface area contributed by atoms with Gasteiger partial charge in [0, 0.05) is 32.2 Å². The predicted molar refractivity (Wildman–Crippen MR) is 140 cm³/mol. The Hall–Kier alpha value is -1.64. The molecule has 31 heavy (non-hydrogen) atoms. The Morgan fingerprint density at radius 2 is 1.77 bits per heavy atom. The van der Waals surface area contributed by atoms with Gasteiger partial charge in [-0.1, -0.05) is 54.1 Å². The van der Waals surface area contributed by atoms with Crippen molar-refractivity contribution in [3.63, 3.8) is 0 Å². The van der Waals surface area contributed by atoms with Crippen molar-refractivity contribution < 1.29 is 5.11 Å². The number of halogens is 1. The zero-order valence-electron chi connectivity index (χ0n) is 19.0. The minimum atomic E-state index is -0.586. The molecule has 1 aliphatic heterocycles. The maximum absolute atomic E-state index is 10.5. The van der Waals surface area contributed by atoms with Crippen molar-refractivity contribution in [2.24, 2.45) is 4.99 Å². The molecule has 2 aromatic carbocycles. The first-order valence-corrected chi connectivity index (χ1v) is 11.1. The highest BCUT2D eigenvalue weighted by molar-refractivity contribution is 14.0. The van der Waals surface area contributed by atoms with Crippen molar-refractivity contribution in [3.05, 3.63) is 70.8 Å². The molecule has 1 heterocycles. The molecule has 0 aromatic heterocycles. The summed E-state index contributed by atoms with van der Waals surface area (Å²) in [4.78, 5) is 7.17. The smallest absolute Gasteiger partial charge is 0.191 e. The van der Waals surface area contributed by atoms with Gasteiger partial charge in [-0.25, -0.2) is 0 Å². The maximum atomic E-state index is 10.5. The molecular formula is C25H37IN4O. The van der Waals surface area contributed by atoms with Crippen LogP contribution in [0.1, 0.15) is 48.1 Å². The molecule has 170 valence electrons. The van der Waals surface area contributed by atoms with Crippen LogP contribution >= 0.6 is 24.0 Å². The van der Waals surface area contributed by atoms with Crippen LogP contribution in [0.5, 0.6) is 0 Å². The van der Waals surface area contributed by atoms with Gasteiger partial charge in [0.1, 0.15) is 0 Å². The first-order chi connectivity index (χ1) is 14.5. The monoisotopic (exact) mass is 536 g/mol. The van der Waals surface area contributed by atoms with Gasteiger partial charge in [0.2, 0.25) is 0 Å². The second-order valence-corrected chi connectivity index (χ2v) is 8.27. The molecule has 1 saturated heterocycles. The van der Waals surface area contributed by atoms with E-state index in [1.54, 1.807) is 0 Å². The molecule has 0 spiro atoms. The Labute approximate surface area is 204 Å². The number of aliphatic imine (C=N–C) groups is 1. The molecule has 1 fully saturated rings. The van der Waals surface area contributed by atoms with Gasteiger partial charge in [-0.05, 0) is 50.3 Å². The second-order valence-electron chi connectivity index (χ2n) is 8.27. The van der Waals surface area contributed by atoms with Gasteiger partial charge in [-0.15, -0.1) is 24.0 Å². The Bertz CT molecular complexity index is 817. The number of hydrogen-bond donors (Lipinski definition) is 3. The van der Waals surface area contributed by atoms with Crippen LogP contribution in [0.15, 0.2) is 53.5 Å². The third kappa shape index (κ3) is 8.09. The molecule has 1 unspecified atom stereocenters. The molecule has 1 atom stereocenters. The number of piperidine rings is 1. The number of aliphatic hydroxyl groups is 1. The lowest BCUT2D eigenvalue weighted by Crippen LogP contribution is -2.48. The maximum Gasteiger partial charge on any atom is 0.191 e. The fraction of sp³-hybridized carbons (Fsp3) is 0.480. The highest BCUT2D eigenvalue weighted by Crippen LogP contribution is 2.17. The number of hydrogen-bond acceptors (Lipinski definition) is 3. The summed E-state index contributed by atoms with van der Waals surface area (Å²) in [6, 6.07) is 17.1. The number of aliphatic hydroxyl groups excluding tert-OH is 1. The number of benzene rings is 2. The average Bonchev–Trinajstić information content (AvgIpc) is 2.75. The molecule has 0 aliphatic carbocycles. The lowest BCUT2D eigenvalue weighted by Gasteiger charge is -2.33. The lowest BCUT2D eigenvalue weighted by molar-refractivity contribution is 0.186. The molecule has 0 bridgehead atoms. The van der Waals surface area contributed by atoms with Crippen LogP contribution in [-0.2, 0) is 6.54 Å². The van der Waals surface area contributed by atoms with Crippen molar-refractivity contribution in [3.8, 4) is 0 Å². The summed E-state index contributed by atoms with van der Waals surface area (Å²) in [7, 11) is 0. The highest BCUT2D eigenvalue weighted by atomic mass is 127. The molecule has 0 saturated carbocycles. The van der Waals surface area contributed by atoms with Gasteiger partial charge in [0.05, 0.1) is 12.6 Å². The number of guanidine groups is 1. The predicted octanol–water partition coefficient (Wildman–Crippen LogP) is 4.17. The molecule has 2 aromatic rings. The highest BCUT2D eigenvalue weighted by Gasteiger charge is 2.20. The SMILES string of the molecule is CCNC(=NCC(O)c1ccc(C)cc1)NC1CCN(Cc2ccccc2C)CC1.I. The Morgan fingerprint density at radius 1 is 1.10 bits per heavy atom. The zero-order valence-corrected chi connectivity index (χ0v) is 21.3. The van der Waals surface area contributed by atoms with Crippen molar-refractivity contribution >= 4 is 29.9 Å². The first kappa shape index (κ1) is 25.6. The van der Waals surface area contributed by atoms with E-state index in [4.69, 9.17) is 0 Å². The minimum Gasteiger partial charge on any atom is -0.386 e. The summed E-state index contributed by atoms with van der Waals surface area (Å²) in [6.45, 7) is 10.6. The fourth-order valence-electron chi connectivity index (χ4n) is 3.85. The zero-order chi connectivity index (χ0) is 21.3. The molecule has 0 amide bonds. The standard InChI is InChI=1S/C25H36N4O.HI/c1-4-26-25(27-17-24(30)21-11-9-19(2)10-12-21)28-23-13-15-29(16-14-23)18-22-8-6-5-7-20(22)3;/h5-12,23-24,30H,4,13-18H2,1-3H3,(H2,26,27,28);1H. The van der Waals surface area contributed by atoms with Crippen molar-refractivity contribution in [2.75, 3.05) is 26.2 Å². The van der Waals surface area contributed by atoms with E-state index < -0.39 is 6.10 Å². The van der Waals surface area contributed by atoms with Crippen LogP contribution in [-0.4, -0.2) is 48.2 Å². The van der Waals surface area contributed by atoms with E-state index in [9.17, 15) is 5.11 Å². The van der Waals surface area contributed by atoms with Crippen LogP contribution < -0.4 is 10.6 Å². The van der Waals surface area contributed by atoms with Gasteiger partial charge in [0.15, 0.2) is 5.96 Å². The number of nitrogens with zero attached hydrogens (tertiary/aromatic N) is 2. The number of aryl methyl sites for hydroxylation is 2. The largest absolute Gasteiger partial charge is 0.386 e. The van der Waals surface area contributed by atoms with Crippen LogP contribution in [0, 0.1) is 13.8 Å². The molecular weight excluding hydrogens is 499 g/mol. The molecule has 5 nitrogen and oxygen atoms in total. The summed E-state index contributed by atoms with van der Waals surface area (Å²) in [6.07, 6.45) is 1.60. The van der Waals surface area contributed by atoms with Gasteiger partial charge in [0.25, 0.3) is 0 Å². The van der Waals surface area contributed by atoms with E-state index >= 15 is 0 Å². The number of nitrogens with one attached hydrogen (secondary N) is 2. The Kier molecular flexibility index (Phi) is 10.8. The fourth-order valence-corrected chi connectivity index (χ4v) is 3.85. The van der Waals surface area contributed by atoms with E-state index in [-0.39, 0.29) is 24.0 Å². The van der Waals surface area contributed by atoms with E-state index in [0.717, 1.165) is 50.5 Å². The van der Waals surface area contributed by atoms with Crippen LogP contribution in [0.25, 0.3) is 0 Å². The molecule has 3 rings (SSSR count). The van der Waals surface area contributed by atoms with Gasteiger partial charge in [-0.2, -0.15) is 0 Å². The van der Waals surface area contributed by atoms with Crippen LogP contribution in [0.4, 0.5) is 0 Å². The summed E-state index contributed by atoms with van der Waals surface area (Å²) in [5.41, 5.74) is 4.89. The van der Waals surface area contributed by atoms with Crippen LogP contribution in [0.2, 0.25) is 0 Å². The normalized spacial score (nSPS) is 16.5. The van der Waals surface area contributed by atoms with Crippen LogP contribution in [0.3, 0.4) is 0 Å². The van der Waals surface area contributed by atoms with E-state index in [2.05, 4.69) is 58.6 Å². The van der Waals surface area contributed by atoms with E-state index in [1.807, 2.05) is 31.2 Å². The first-order valence-electron chi connectivity index (χ1n) is 11.1. The number of likely N-dealkylation sites (tertiary alicyclic amines) is 1. The third-order valence-electron chi connectivity index (χ3n) is 5.81. The average molecular weight is 537 g/mol. The Balaban J connectivity index is 0.00000341. The molecule has 3 N–H and O–H groups in total. The van der Waals surface area contributed by atoms with Gasteiger partial charge < -0.3 is 15.7 Å². The summed E-state index contributed by atoms with van der Waals surface area (Å²) in [5, 5.41) is 17.4. The molecule has 0 radical (unpaired) electrons. The second kappa shape index (κ2) is 13.0. The van der Waals surface area contributed by atoms with Gasteiger partial charge >= 0.3 is 0 Å². The summed E-state index contributed by atoms with van der Waals surface area (Å²) >= 11 is 0. The lowest BCUT2D eigenvalue weighted by atomic mass is 10.0. The van der Waals surface area contributed by atoms with Crippen molar-refractivity contribution in [2.45, 2.75) is 52.3 Å². The van der Waals surface area contributed by atoms with Crippen molar-refractivity contribution in [1.29, 1.82) is 0 Å². The summed E-state index contributed by atoms with van der Waals surface area (Å²) in [5.74, 6) is 0.793.